The highest BCUT2D eigenvalue weighted by molar-refractivity contribution is 14.1. The Hall–Kier alpha value is -2.31. The molecule has 1 fully saturated rings. The standard InChI is InChI=1S/C17H16IN5O8S/c18-10-8(25)2-1-7(12(10)23(29)30)4-32-17(14(27)13(26)9(3-24)31-17)22-6-21-11-15(22)19-5-20-16(11)28/h1-2,5-6,9,13-14,24-27H,3-4H2,(H,19,20,28)/t9-,13-,14-,17+/m1/s1. The summed E-state index contributed by atoms with van der Waals surface area (Å²) in [5.41, 5.74) is -0.639. The minimum absolute atomic E-state index is 0.0425. The second-order valence-corrected chi connectivity index (χ2v) is 9.12. The van der Waals surface area contributed by atoms with E-state index >= 15 is 0 Å². The van der Waals surface area contributed by atoms with Gasteiger partial charge in [0.2, 0.25) is 5.06 Å². The number of H-pyrrole nitrogens is 1. The van der Waals surface area contributed by atoms with Crippen LogP contribution in [0.2, 0.25) is 0 Å². The van der Waals surface area contributed by atoms with E-state index in [1.165, 1.54) is 23.0 Å². The van der Waals surface area contributed by atoms with Gasteiger partial charge in [0.1, 0.15) is 34.0 Å². The average Bonchev–Trinajstić information content (AvgIpc) is 3.30. The van der Waals surface area contributed by atoms with Crippen molar-refractivity contribution in [3.05, 3.63) is 54.4 Å². The highest BCUT2D eigenvalue weighted by Gasteiger charge is 2.56. The normalized spacial score (nSPS) is 25.4. The van der Waals surface area contributed by atoms with Gasteiger partial charge in [-0.3, -0.25) is 19.5 Å². The van der Waals surface area contributed by atoms with Crippen LogP contribution in [-0.4, -0.2) is 69.8 Å². The fraction of sp³-hybridized carbons (Fsp3) is 0.353. The van der Waals surface area contributed by atoms with E-state index in [1.807, 2.05) is 0 Å². The number of nitrogens with zero attached hydrogens (tertiary/aromatic N) is 4. The lowest BCUT2D eigenvalue weighted by atomic mass is 10.1. The number of thioether (sulfide) groups is 1. The van der Waals surface area contributed by atoms with Crippen LogP contribution in [0.1, 0.15) is 5.56 Å². The number of nitrogens with one attached hydrogen (secondary N) is 1. The molecule has 0 amide bonds. The molecule has 4 atom stereocenters. The summed E-state index contributed by atoms with van der Waals surface area (Å²) in [6.07, 6.45) is -1.95. The number of rotatable bonds is 6. The summed E-state index contributed by atoms with van der Waals surface area (Å²) in [5.74, 6) is -0.352. The molecule has 0 unspecified atom stereocenters. The van der Waals surface area contributed by atoms with Gasteiger partial charge in [-0.15, -0.1) is 0 Å². The smallest absolute Gasteiger partial charge is 0.290 e. The van der Waals surface area contributed by atoms with E-state index in [4.69, 9.17) is 4.74 Å². The van der Waals surface area contributed by atoms with Gasteiger partial charge in [0.15, 0.2) is 11.2 Å². The number of fused-ring (bicyclic) bond motifs is 1. The lowest BCUT2D eigenvalue weighted by molar-refractivity contribution is -0.386. The Morgan fingerprint density at radius 1 is 1.38 bits per heavy atom. The summed E-state index contributed by atoms with van der Waals surface area (Å²) < 4.78 is 7.15. The molecule has 32 heavy (non-hydrogen) atoms. The van der Waals surface area contributed by atoms with Crippen molar-refractivity contribution >= 4 is 51.2 Å². The number of benzene rings is 1. The van der Waals surface area contributed by atoms with E-state index in [1.54, 1.807) is 22.6 Å². The fourth-order valence-corrected chi connectivity index (χ4v) is 5.56. The van der Waals surface area contributed by atoms with Crippen molar-refractivity contribution < 1.29 is 30.1 Å². The van der Waals surface area contributed by atoms with E-state index in [-0.39, 0.29) is 37.5 Å². The van der Waals surface area contributed by atoms with E-state index in [9.17, 15) is 35.3 Å². The van der Waals surface area contributed by atoms with Gasteiger partial charge in [-0.2, -0.15) is 0 Å². The van der Waals surface area contributed by atoms with Gasteiger partial charge < -0.3 is 30.1 Å². The lowest BCUT2D eigenvalue weighted by Gasteiger charge is -2.32. The van der Waals surface area contributed by atoms with Crippen LogP contribution in [0, 0.1) is 13.7 Å². The number of aliphatic hydroxyl groups is 3. The summed E-state index contributed by atoms with van der Waals surface area (Å²) in [5, 5.41) is 50.6. The van der Waals surface area contributed by atoms with E-state index in [0.717, 1.165) is 18.1 Å². The maximum absolute atomic E-state index is 12.1. The molecule has 0 saturated carbocycles. The SMILES string of the molecule is O=c1[nH]cnc2c1ncn2[C@]1(SCc2ccc(O)c(I)c2[N+](=O)[O-])O[C@H](CO)[C@@H](O)[C@H]1O. The van der Waals surface area contributed by atoms with Gasteiger partial charge in [-0.1, -0.05) is 11.8 Å². The Balaban J connectivity index is 1.83. The summed E-state index contributed by atoms with van der Waals surface area (Å²) in [6, 6.07) is 2.68. The first-order valence-electron chi connectivity index (χ1n) is 9.06. The molecule has 2 aromatic heterocycles. The third kappa shape index (κ3) is 3.54. The summed E-state index contributed by atoms with van der Waals surface area (Å²) in [4.78, 5) is 33.5. The van der Waals surface area contributed by atoms with Crippen molar-refractivity contribution in [3.8, 4) is 5.75 Å². The number of nitro groups is 1. The topological polar surface area (TPSA) is 197 Å². The molecular formula is C17H16IN5O8S. The molecule has 0 bridgehead atoms. The van der Waals surface area contributed by atoms with Crippen molar-refractivity contribution in [2.45, 2.75) is 29.1 Å². The number of aromatic amines is 1. The second kappa shape index (κ2) is 8.56. The summed E-state index contributed by atoms with van der Waals surface area (Å²) in [6.45, 7) is -0.613. The molecule has 0 radical (unpaired) electrons. The monoisotopic (exact) mass is 577 g/mol. The Morgan fingerprint density at radius 2 is 2.12 bits per heavy atom. The Morgan fingerprint density at radius 3 is 2.78 bits per heavy atom. The predicted molar refractivity (Wildman–Crippen MR) is 119 cm³/mol. The minimum Gasteiger partial charge on any atom is -0.507 e. The van der Waals surface area contributed by atoms with Gasteiger partial charge >= 0.3 is 0 Å². The van der Waals surface area contributed by atoms with Gasteiger partial charge in [0.05, 0.1) is 17.9 Å². The molecule has 4 rings (SSSR count). The fourth-order valence-electron chi connectivity index (χ4n) is 3.47. The van der Waals surface area contributed by atoms with Crippen LogP contribution in [0.15, 0.2) is 29.6 Å². The number of hydrogen-bond acceptors (Lipinski definition) is 11. The lowest BCUT2D eigenvalue weighted by Crippen LogP contribution is -2.43. The van der Waals surface area contributed by atoms with Crippen LogP contribution >= 0.6 is 34.4 Å². The molecule has 1 aromatic carbocycles. The molecule has 1 aliphatic rings. The van der Waals surface area contributed by atoms with Crippen molar-refractivity contribution in [3.63, 3.8) is 0 Å². The molecule has 13 nitrogen and oxygen atoms in total. The van der Waals surface area contributed by atoms with Gasteiger partial charge in [0.25, 0.3) is 11.2 Å². The average molecular weight is 577 g/mol. The van der Waals surface area contributed by atoms with Gasteiger partial charge in [-0.25, -0.2) is 9.97 Å². The van der Waals surface area contributed by atoms with Crippen LogP contribution in [-0.2, 0) is 15.5 Å². The van der Waals surface area contributed by atoms with E-state index in [0.29, 0.717) is 0 Å². The first kappa shape index (κ1) is 22.9. The number of nitro benzene ring substituents is 1. The number of ether oxygens (including phenoxy) is 1. The first-order chi connectivity index (χ1) is 15.2. The third-order valence-electron chi connectivity index (χ3n) is 5.05. The highest BCUT2D eigenvalue weighted by atomic mass is 127. The van der Waals surface area contributed by atoms with Gasteiger partial charge in [0, 0.05) is 11.3 Å². The van der Waals surface area contributed by atoms with Crippen LogP contribution in [0.25, 0.3) is 11.2 Å². The summed E-state index contributed by atoms with van der Waals surface area (Å²) >= 11 is 2.54. The maximum Gasteiger partial charge on any atom is 0.290 e. The quantitative estimate of drug-likeness (QED) is 0.150. The zero-order valence-electron chi connectivity index (χ0n) is 16.0. The number of hydrogen-bond donors (Lipinski definition) is 5. The number of aromatic nitrogens is 4. The van der Waals surface area contributed by atoms with Crippen molar-refractivity contribution in [2.24, 2.45) is 0 Å². The number of imidazole rings is 1. The van der Waals surface area contributed by atoms with Crippen LogP contribution in [0.4, 0.5) is 5.69 Å². The van der Waals surface area contributed by atoms with Crippen molar-refractivity contribution in [2.75, 3.05) is 6.61 Å². The van der Waals surface area contributed by atoms with E-state index < -0.39 is 40.5 Å². The minimum atomic E-state index is -1.82. The van der Waals surface area contributed by atoms with Crippen molar-refractivity contribution in [1.82, 2.24) is 19.5 Å². The Bertz CT molecular complexity index is 1250. The molecule has 1 aliphatic heterocycles. The van der Waals surface area contributed by atoms with Crippen LogP contribution in [0.3, 0.4) is 0 Å². The Kier molecular flexibility index (Phi) is 6.12. The number of aliphatic hydroxyl groups excluding tert-OH is 3. The zero-order chi connectivity index (χ0) is 23.2. The van der Waals surface area contributed by atoms with Crippen LogP contribution < -0.4 is 5.56 Å². The number of phenolic OH excluding ortho intramolecular Hbond substituents is 1. The molecule has 0 aliphatic carbocycles. The molecule has 1 saturated heterocycles. The molecule has 0 spiro atoms. The van der Waals surface area contributed by atoms with E-state index in [2.05, 4.69) is 15.0 Å². The molecular weight excluding hydrogens is 561 g/mol. The molecule has 170 valence electrons. The molecule has 3 aromatic rings. The first-order valence-corrected chi connectivity index (χ1v) is 11.1. The van der Waals surface area contributed by atoms with Gasteiger partial charge in [-0.05, 0) is 34.7 Å². The predicted octanol–water partition coefficient (Wildman–Crippen LogP) is -0.00540. The maximum atomic E-state index is 12.1. The number of aromatic hydroxyl groups is 1. The Labute approximate surface area is 196 Å². The number of phenols is 1. The number of halogens is 1. The molecule has 3 heterocycles. The molecule has 15 heteroatoms. The van der Waals surface area contributed by atoms with Crippen molar-refractivity contribution in [1.29, 1.82) is 0 Å². The third-order valence-corrected chi connectivity index (χ3v) is 7.52. The van der Waals surface area contributed by atoms with Crippen LogP contribution in [0.5, 0.6) is 5.75 Å². The molecule has 5 N–H and O–H groups in total. The second-order valence-electron chi connectivity index (χ2n) is 6.88. The highest BCUT2D eigenvalue weighted by Crippen LogP contribution is 2.48. The largest absolute Gasteiger partial charge is 0.507 e. The summed E-state index contributed by atoms with van der Waals surface area (Å²) in [7, 11) is 0. The zero-order valence-corrected chi connectivity index (χ0v) is 18.9.